The second kappa shape index (κ2) is 8.12. The molecular weight excluding hydrogens is 475 g/mol. The number of halogens is 2. The highest BCUT2D eigenvalue weighted by Gasteiger charge is 2.26. The van der Waals surface area contributed by atoms with Gasteiger partial charge in [0.2, 0.25) is 0 Å². The van der Waals surface area contributed by atoms with Crippen LogP contribution in [0.5, 0.6) is 5.75 Å². The molecule has 7 nitrogen and oxygen atoms in total. The molecular formula is C22H16Cl2N2O5S. The lowest BCUT2D eigenvalue weighted by Crippen LogP contribution is -2.34. The molecule has 0 saturated heterocycles. The van der Waals surface area contributed by atoms with Crippen molar-refractivity contribution in [3.8, 4) is 11.4 Å². The SMILES string of the molecule is CC(C)(Oc1ccc(Cl)c(-n2c(=O)[nH]c3csc(C(=O)O)c3c2=O)c1)c1ccccc1Cl. The minimum atomic E-state index is -1.26. The number of rotatable bonds is 5. The average Bonchev–Trinajstić information content (AvgIpc) is 3.14. The highest BCUT2D eigenvalue weighted by Crippen LogP contribution is 2.34. The summed E-state index contributed by atoms with van der Waals surface area (Å²) in [5, 5.41) is 11.4. The molecule has 2 heterocycles. The molecule has 0 fully saturated rings. The number of aromatic nitrogens is 2. The summed E-state index contributed by atoms with van der Waals surface area (Å²) < 4.78 is 6.94. The van der Waals surface area contributed by atoms with Crippen molar-refractivity contribution in [2.75, 3.05) is 0 Å². The van der Waals surface area contributed by atoms with E-state index in [0.29, 0.717) is 10.8 Å². The maximum atomic E-state index is 13.1. The van der Waals surface area contributed by atoms with E-state index >= 15 is 0 Å². The van der Waals surface area contributed by atoms with Crippen LogP contribution in [0.1, 0.15) is 29.1 Å². The van der Waals surface area contributed by atoms with E-state index in [2.05, 4.69) is 4.98 Å². The van der Waals surface area contributed by atoms with Crippen molar-refractivity contribution in [2.24, 2.45) is 0 Å². The van der Waals surface area contributed by atoms with Crippen molar-refractivity contribution in [2.45, 2.75) is 19.4 Å². The fraction of sp³-hybridized carbons (Fsp3) is 0.136. The Morgan fingerprint density at radius 1 is 1.12 bits per heavy atom. The first-order chi connectivity index (χ1) is 15.1. The molecule has 0 saturated carbocycles. The first kappa shape index (κ1) is 22.1. The molecule has 0 atom stereocenters. The van der Waals surface area contributed by atoms with Crippen LogP contribution in [0.25, 0.3) is 16.6 Å². The van der Waals surface area contributed by atoms with Gasteiger partial charge in [0, 0.05) is 22.0 Å². The fourth-order valence-electron chi connectivity index (χ4n) is 3.44. The quantitative estimate of drug-likeness (QED) is 0.407. The van der Waals surface area contributed by atoms with Crippen LogP contribution in [0.3, 0.4) is 0 Å². The number of hydrogen-bond acceptors (Lipinski definition) is 5. The van der Waals surface area contributed by atoms with E-state index in [4.69, 9.17) is 27.9 Å². The number of aromatic carboxylic acids is 1. The van der Waals surface area contributed by atoms with Gasteiger partial charge in [0.05, 0.1) is 21.6 Å². The Labute approximate surface area is 195 Å². The second-order valence-electron chi connectivity index (χ2n) is 7.43. The molecule has 0 bridgehead atoms. The van der Waals surface area contributed by atoms with Gasteiger partial charge in [-0.15, -0.1) is 11.3 Å². The average molecular weight is 491 g/mol. The van der Waals surface area contributed by atoms with Crippen molar-refractivity contribution in [3.63, 3.8) is 0 Å². The predicted octanol–water partition coefficient (Wildman–Crippen LogP) is 5.06. The lowest BCUT2D eigenvalue weighted by molar-refractivity contribution is 0.0704. The summed E-state index contributed by atoms with van der Waals surface area (Å²) in [5.74, 6) is -0.921. The predicted molar refractivity (Wildman–Crippen MR) is 125 cm³/mol. The van der Waals surface area contributed by atoms with E-state index in [0.717, 1.165) is 21.5 Å². The molecule has 0 aliphatic rings. The third-order valence-corrected chi connectivity index (χ3v) is 6.52. The summed E-state index contributed by atoms with van der Waals surface area (Å²) in [4.78, 5) is 39.7. The maximum Gasteiger partial charge on any atom is 0.346 e. The van der Waals surface area contributed by atoms with E-state index in [1.165, 1.54) is 17.5 Å². The molecule has 0 aliphatic carbocycles. The molecule has 4 rings (SSSR count). The summed E-state index contributed by atoms with van der Waals surface area (Å²) in [5.41, 5.74) is -1.40. The molecule has 0 aliphatic heterocycles. The summed E-state index contributed by atoms with van der Waals surface area (Å²) in [6, 6.07) is 11.8. The highest BCUT2D eigenvalue weighted by molar-refractivity contribution is 7.13. The van der Waals surface area contributed by atoms with Crippen LogP contribution in [0.2, 0.25) is 10.0 Å². The van der Waals surface area contributed by atoms with Gasteiger partial charge in [-0.25, -0.2) is 14.2 Å². The van der Waals surface area contributed by atoms with Crippen LogP contribution >= 0.6 is 34.5 Å². The molecule has 0 radical (unpaired) electrons. The van der Waals surface area contributed by atoms with Crippen molar-refractivity contribution in [3.05, 3.63) is 89.2 Å². The Bertz CT molecular complexity index is 1490. The summed E-state index contributed by atoms with van der Waals surface area (Å²) in [7, 11) is 0. The summed E-state index contributed by atoms with van der Waals surface area (Å²) in [6.45, 7) is 3.66. The zero-order chi connectivity index (χ0) is 23.2. The minimum Gasteiger partial charge on any atom is -0.483 e. The molecule has 2 N–H and O–H groups in total. The number of thiophene rings is 1. The number of nitrogens with one attached hydrogen (secondary N) is 1. The Morgan fingerprint density at radius 3 is 2.53 bits per heavy atom. The Kier molecular flexibility index (Phi) is 5.62. The molecule has 0 spiro atoms. The third kappa shape index (κ3) is 3.81. The molecule has 10 heteroatoms. The van der Waals surface area contributed by atoms with Gasteiger partial charge in [-0.05, 0) is 32.0 Å². The number of fused-ring (bicyclic) bond motifs is 1. The first-order valence-electron chi connectivity index (χ1n) is 9.34. The number of carboxylic acid groups (broad SMARTS) is 1. The summed E-state index contributed by atoms with van der Waals surface area (Å²) >= 11 is 13.5. The molecule has 2 aromatic heterocycles. The van der Waals surface area contributed by atoms with Crippen LogP contribution in [-0.4, -0.2) is 20.6 Å². The molecule has 4 aromatic rings. The monoisotopic (exact) mass is 490 g/mol. The van der Waals surface area contributed by atoms with E-state index < -0.39 is 22.8 Å². The van der Waals surface area contributed by atoms with Gasteiger partial charge in [0.25, 0.3) is 5.56 Å². The van der Waals surface area contributed by atoms with E-state index in [-0.39, 0.29) is 26.5 Å². The van der Waals surface area contributed by atoms with Crippen LogP contribution in [0, 0.1) is 0 Å². The Hall–Kier alpha value is -3.07. The normalized spacial score (nSPS) is 11.6. The zero-order valence-electron chi connectivity index (χ0n) is 16.8. The standard InChI is InChI=1S/C22H16Cl2N2O5S/c1-22(2,12-5-3-4-6-13(12)23)31-11-7-8-14(24)16(9-11)26-19(27)17-15(25-21(26)30)10-32-18(17)20(28)29/h3-10H,1-2H3,(H,25,30)(H,28,29). The number of carbonyl (C=O) groups is 1. The van der Waals surface area contributed by atoms with Crippen LogP contribution in [-0.2, 0) is 5.60 Å². The topological polar surface area (TPSA) is 101 Å². The molecule has 32 heavy (non-hydrogen) atoms. The van der Waals surface area contributed by atoms with E-state index in [9.17, 15) is 19.5 Å². The van der Waals surface area contributed by atoms with E-state index in [1.807, 2.05) is 32.0 Å². The summed E-state index contributed by atoms with van der Waals surface area (Å²) in [6.07, 6.45) is 0. The highest BCUT2D eigenvalue weighted by atomic mass is 35.5. The lowest BCUT2D eigenvalue weighted by Gasteiger charge is -2.28. The van der Waals surface area contributed by atoms with Crippen LogP contribution < -0.4 is 16.0 Å². The van der Waals surface area contributed by atoms with Crippen LogP contribution in [0.15, 0.2) is 57.4 Å². The molecule has 164 valence electrons. The number of carboxylic acids is 1. The molecule has 0 unspecified atom stereocenters. The van der Waals surface area contributed by atoms with Gasteiger partial charge in [0.1, 0.15) is 16.2 Å². The number of benzene rings is 2. The second-order valence-corrected chi connectivity index (χ2v) is 9.13. The number of nitrogens with zero attached hydrogens (tertiary/aromatic N) is 1. The largest absolute Gasteiger partial charge is 0.483 e. The van der Waals surface area contributed by atoms with Crippen molar-refractivity contribution >= 4 is 51.4 Å². The maximum absolute atomic E-state index is 13.1. The molecule has 2 aromatic carbocycles. The van der Waals surface area contributed by atoms with Gasteiger partial charge in [-0.3, -0.25) is 4.79 Å². The van der Waals surface area contributed by atoms with Gasteiger partial charge in [0.15, 0.2) is 0 Å². The fourth-order valence-corrected chi connectivity index (χ4v) is 4.83. The van der Waals surface area contributed by atoms with E-state index in [1.54, 1.807) is 12.1 Å². The van der Waals surface area contributed by atoms with Crippen molar-refractivity contribution in [1.29, 1.82) is 0 Å². The Morgan fingerprint density at radius 2 is 1.84 bits per heavy atom. The first-order valence-corrected chi connectivity index (χ1v) is 11.0. The zero-order valence-corrected chi connectivity index (χ0v) is 19.1. The minimum absolute atomic E-state index is 0.0646. The lowest BCUT2D eigenvalue weighted by atomic mass is 9.98. The third-order valence-electron chi connectivity index (χ3n) is 4.90. The number of aromatic amines is 1. The van der Waals surface area contributed by atoms with Gasteiger partial charge in [-0.2, -0.15) is 0 Å². The van der Waals surface area contributed by atoms with Gasteiger partial charge >= 0.3 is 11.7 Å². The molecule has 0 amide bonds. The van der Waals surface area contributed by atoms with Crippen molar-refractivity contribution in [1.82, 2.24) is 9.55 Å². The number of H-pyrrole nitrogens is 1. The Balaban J connectivity index is 1.86. The van der Waals surface area contributed by atoms with Gasteiger partial charge < -0.3 is 14.8 Å². The van der Waals surface area contributed by atoms with Crippen molar-refractivity contribution < 1.29 is 14.6 Å². The number of hydrogen-bond donors (Lipinski definition) is 2. The van der Waals surface area contributed by atoms with Gasteiger partial charge in [-0.1, -0.05) is 41.4 Å². The van der Waals surface area contributed by atoms with Crippen LogP contribution in [0.4, 0.5) is 0 Å². The smallest absolute Gasteiger partial charge is 0.346 e. The number of ether oxygens (including phenoxy) is 1.